The van der Waals surface area contributed by atoms with Crippen molar-refractivity contribution in [3.63, 3.8) is 0 Å². The standard InChI is InChI=1S/C22H27FN6O2/c23-18-10-27-20(28-16-3-1-15(25)2-4-16)9-17(18)19-11-26-12-21(29-19)31-14-22(13-24)5-7-30-8-6-22/h9-12,15-16H,1-8,14,25H2,(H,27,28). The molecule has 1 saturated heterocycles. The van der Waals surface area contributed by atoms with Crippen LogP contribution in [0.15, 0.2) is 24.7 Å². The van der Waals surface area contributed by atoms with E-state index in [0.717, 1.165) is 25.7 Å². The summed E-state index contributed by atoms with van der Waals surface area (Å²) in [6, 6.07) is 4.53. The van der Waals surface area contributed by atoms with Crippen LogP contribution < -0.4 is 15.8 Å². The number of pyridine rings is 1. The fourth-order valence-corrected chi connectivity index (χ4v) is 4.00. The number of nitriles is 1. The monoisotopic (exact) mass is 426 g/mol. The first-order valence-corrected chi connectivity index (χ1v) is 10.7. The van der Waals surface area contributed by atoms with E-state index in [-0.39, 0.29) is 24.6 Å². The van der Waals surface area contributed by atoms with Gasteiger partial charge in [-0.1, -0.05) is 0 Å². The zero-order valence-electron chi connectivity index (χ0n) is 17.4. The average molecular weight is 426 g/mol. The minimum absolute atomic E-state index is 0.195. The van der Waals surface area contributed by atoms with Gasteiger partial charge in [-0.2, -0.15) is 5.26 Å². The number of rotatable bonds is 6. The first kappa shape index (κ1) is 21.4. The highest BCUT2D eigenvalue weighted by atomic mass is 19.1. The van der Waals surface area contributed by atoms with E-state index in [1.807, 2.05) is 0 Å². The molecule has 3 N–H and O–H groups in total. The van der Waals surface area contributed by atoms with Crippen molar-refractivity contribution >= 4 is 5.82 Å². The molecule has 0 spiro atoms. The van der Waals surface area contributed by atoms with Gasteiger partial charge in [0.25, 0.3) is 0 Å². The highest BCUT2D eigenvalue weighted by Crippen LogP contribution is 2.31. The van der Waals surface area contributed by atoms with E-state index in [1.54, 1.807) is 6.07 Å². The van der Waals surface area contributed by atoms with Gasteiger partial charge in [0.05, 0.1) is 35.8 Å². The molecule has 9 heteroatoms. The number of anilines is 1. The summed E-state index contributed by atoms with van der Waals surface area (Å²) in [5, 5.41) is 12.9. The maximum atomic E-state index is 14.5. The van der Waals surface area contributed by atoms with Crippen molar-refractivity contribution in [1.29, 1.82) is 5.26 Å². The van der Waals surface area contributed by atoms with Crippen molar-refractivity contribution in [3.8, 4) is 23.2 Å². The van der Waals surface area contributed by atoms with Crippen LogP contribution in [0.25, 0.3) is 11.3 Å². The smallest absolute Gasteiger partial charge is 0.232 e. The van der Waals surface area contributed by atoms with Gasteiger partial charge in [0, 0.05) is 30.9 Å². The highest BCUT2D eigenvalue weighted by molar-refractivity contribution is 5.63. The quantitative estimate of drug-likeness (QED) is 0.723. The second-order valence-electron chi connectivity index (χ2n) is 8.34. The normalized spacial score (nSPS) is 23.0. The van der Waals surface area contributed by atoms with Gasteiger partial charge < -0.3 is 20.5 Å². The van der Waals surface area contributed by atoms with Crippen molar-refractivity contribution in [2.75, 3.05) is 25.1 Å². The molecule has 0 atom stereocenters. The maximum absolute atomic E-state index is 14.5. The Morgan fingerprint density at radius 3 is 2.74 bits per heavy atom. The van der Waals surface area contributed by atoms with Crippen LogP contribution in [0.5, 0.6) is 5.88 Å². The van der Waals surface area contributed by atoms with E-state index in [0.29, 0.717) is 43.1 Å². The second kappa shape index (κ2) is 9.54. The van der Waals surface area contributed by atoms with Crippen LogP contribution in [-0.4, -0.2) is 46.9 Å². The van der Waals surface area contributed by atoms with Crippen molar-refractivity contribution in [2.45, 2.75) is 50.6 Å². The minimum atomic E-state index is -0.600. The average Bonchev–Trinajstić information content (AvgIpc) is 2.81. The Bertz CT molecular complexity index is 936. The van der Waals surface area contributed by atoms with Crippen molar-refractivity contribution in [3.05, 3.63) is 30.5 Å². The van der Waals surface area contributed by atoms with Gasteiger partial charge >= 0.3 is 0 Å². The lowest BCUT2D eigenvalue weighted by molar-refractivity contribution is 0.0182. The van der Waals surface area contributed by atoms with E-state index in [9.17, 15) is 9.65 Å². The maximum Gasteiger partial charge on any atom is 0.232 e. The molecule has 31 heavy (non-hydrogen) atoms. The number of nitrogens with zero attached hydrogens (tertiary/aromatic N) is 4. The van der Waals surface area contributed by atoms with Crippen LogP contribution in [0, 0.1) is 22.6 Å². The fourth-order valence-electron chi connectivity index (χ4n) is 4.00. The summed E-state index contributed by atoms with van der Waals surface area (Å²) in [5.41, 5.74) is 6.02. The molecule has 0 bridgehead atoms. The van der Waals surface area contributed by atoms with Crippen molar-refractivity contribution < 1.29 is 13.9 Å². The summed E-state index contributed by atoms with van der Waals surface area (Å²) in [6.45, 7) is 1.27. The van der Waals surface area contributed by atoms with Gasteiger partial charge in [0.2, 0.25) is 5.88 Å². The molecular weight excluding hydrogens is 399 g/mol. The first-order chi connectivity index (χ1) is 15.1. The van der Waals surface area contributed by atoms with Gasteiger partial charge in [0.1, 0.15) is 12.4 Å². The van der Waals surface area contributed by atoms with Crippen LogP contribution in [0.1, 0.15) is 38.5 Å². The molecule has 0 amide bonds. The Morgan fingerprint density at radius 2 is 2.00 bits per heavy atom. The van der Waals surface area contributed by atoms with Gasteiger partial charge in [-0.3, -0.25) is 4.98 Å². The Hall–Kier alpha value is -2.83. The molecule has 2 aromatic rings. The molecule has 2 fully saturated rings. The summed E-state index contributed by atoms with van der Waals surface area (Å²) in [7, 11) is 0. The molecular formula is C22H27FN6O2. The van der Waals surface area contributed by atoms with Crippen LogP contribution >= 0.6 is 0 Å². The predicted octanol–water partition coefficient (Wildman–Crippen LogP) is 3.06. The van der Waals surface area contributed by atoms with E-state index >= 15 is 0 Å². The van der Waals surface area contributed by atoms with E-state index < -0.39 is 11.2 Å². The van der Waals surface area contributed by atoms with Crippen LogP contribution in [-0.2, 0) is 4.74 Å². The van der Waals surface area contributed by atoms with E-state index in [2.05, 4.69) is 26.3 Å². The zero-order valence-corrected chi connectivity index (χ0v) is 17.4. The van der Waals surface area contributed by atoms with Crippen LogP contribution in [0.4, 0.5) is 10.2 Å². The molecule has 1 aliphatic carbocycles. The molecule has 2 aliphatic rings. The highest BCUT2D eigenvalue weighted by Gasteiger charge is 2.34. The number of aromatic nitrogens is 3. The predicted molar refractivity (Wildman–Crippen MR) is 113 cm³/mol. The third-order valence-electron chi connectivity index (χ3n) is 6.05. The number of hydrogen-bond donors (Lipinski definition) is 2. The van der Waals surface area contributed by atoms with Gasteiger partial charge in [-0.05, 0) is 44.6 Å². The molecule has 0 aromatic carbocycles. The molecule has 0 unspecified atom stereocenters. The van der Waals surface area contributed by atoms with E-state index in [4.69, 9.17) is 15.2 Å². The largest absolute Gasteiger partial charge is 0.475 e. The third kappa shape index (κ3) is 5.27. The molecule has 8 nitrogen and oxygen atoms in total. The number of nitrogens with one attached hydrogen (secondary N) is 1. The van der Waals surface area contributed by atoms with Gasteiger partial charge in [-0.15, -0.1) is 0 Å². The van der Waals surface area contributed by atoms with Crippen LogP contribution in [0.2, 0.25) is 0 Å². The van der Waals surface area contributed by atoms with Crippen molar-refractivity contribution in [2.24, 2.45) is 11.1 Å². The molecule has 0 radical (unpaired) electrons. The summed E-state index contributed by atoms with van der Waals surface area (Å²) in [4.78, 5) is 12.7. The molecule has 1 aliphatic heterocycles. The second-order valence-corrected chi connectivity index (χ2v) is 8.34. The molecule has 1 saturated carbocycles. The SMILES string of the molecule is N#CC1(COc2cncc(-c3cc(NC4CCC(N)CC4)ncc3F)n2)CCOCC1. The minimum Gasteiger partial charge on any atom is -0.475 e. The molecule has 3 heterocycles. The summed E-state index contributed by atoms with van der Waals surface area (Å²) >= 11 is 0. The number of halogens is 1. The summed E-state index contributed by atoms with van der Waals surface area (Å²) in [6.07, 6.45) is 9.22. The van der Waals surface area contributed by atoms with Crippen LogP contribution in [0.3, 0.4) is 0 Å². The molecule has 164 valence electrons. The Labute approximate surface area is 181 Å². The lowest BCUT2D eigenvalue weighted by Crippen LogP contribution is -2.34. The third-order valence-corrected chi connectivity index (χ3v) is 6.05. The lowest BCUT2D eigenvalue weighted by Gasteiger charge is -2.30. The molecule has 2 aromatic heterocycles. The van der Waals surface area contributed by atoms with Gasteiger partial charge in [0.15, 0.2) is 5.82 Å². The Kier molecular flexibility index (Phi) is 6.59. The number of hydrogen-bond acceptors (Lipinski definition) is 8. The van der Waals surface area contributed by atoms with Crippen molar-refractivity contribution in [1.82, 2.24) is 15.0 Å². The van der Waals surface area contributed by atoms with E-state index in [1.165, 1.54) is 18.6 Å². The number of ether oxygens (including phenoxy) is 2. The zero-order chi connectivity index (χ0) is 21.7. The summed E-state index contributed by atoms with van der Waals surface area (Å²) < 4.78 is 25.7. The topological polar surface area (TPSA) is 119 Å². The van der Waals surface area contributed by atoms with Gasteiger partial charge in [-0.25, -0.2) is 14.4 Å². The Morgan fingerprint density at radius 1 is 1.23 bits per heavy atom. The Balaban J connectivity index is 1.47. The molecule has 4 rings (SSSR count). The summed E-state index contributed by atoms with van der Waals surface area (Å²) in [5.74, 6) is 0.363. The fraction of sp³-hybridized carbons (Fsp3) is 0.545. The first-order valence-electron chi connectivity index (χ1n) is 10.7. The number of nitrogens with two attached hydrogens (primary N) is 1. The lowest BCUT2D eigenvalue weighted by atomic mass is 9.83.